The Hall–Kier alpha value is -3.92. The van der Waals surface area contributed by atoms with E-state index in [1.165, 1.54) is 0 Å². The minimum absolute atomic E-state index is 0.0848. The van der Waals surface area contributed by atoms with Crippen molar-refractivity contribution in [2.24, 2.45) is 0 Å². The number of nitrogens with zero attached hydrogens (tertiary/aromatic N) is 2. The molecule has 4 nitrogen and oxygen atoms in total. The predicted molar refractivity (Wildman–Crippen MR) is 122 cm³/mol. The van der Waals surface area contributed by atoms with Gasteiger partial charge in [-0.05, 0) is 35.4 Å². The van der Waals surface area contributed by atoms with Gasteiger partial charge in [0.15, 0.2) is 0 Å². The third kappa shape index (κ3) is 4.39. The molecule has 1 aromatic heterocycles. The molecule has 0 radical (unpaired) electrons. The van der Waals surface area contributed by atoms with Gasteiger partial charge in [-0.25, -0.2) is 4.98 Å². The lowest BCUT2D eigenvalue weighted by molar-refractivity contribution is -0.116. The van der Waals surface area contributed by atoms with E-state index in [9.17, 15) is 4.79 Å². The van der Waals surface area contributed by atoms with E-state index in [2.05, 4.69) is 10.3 Å². The van der Waals surface area contributed by atoms with Crippen LogP contribution >= 0.6 is 0 Å². The highest BCUT2D eigenvalue weighted by molar-refractivity contribution is 5.98. The molecule has 0 aliphatic carbocycles. The first-order chi connectivity index (χ1) is 14.7. The lowest BCUT2D eigenvalue weighted by atomic mass is 9.90. The van der Waals surface area contributed by atoms with Gasteiger partial charge in [0, 0.05) is 12.7 Å². The molecule has 0 aliphatic rings. The molecule has 148 valence electrons. The molecule has 30 heavy (non-hydrogen) atoms. The van der Waals surface area contributed by atoms with Gasteiger partial charge in [0.25, 0.3) is 0 Å². The second kappa shape index (κ2) is 9.05. The first-order valence-corrected chi connectivity index (χ1v) is 9.88. The van der Waals surface area contributed by atoms with Gasteiger partial charge in [0.05, 0.1) is 17.8 Å². The lowest BCUT2D eigenvalue weighted by Gasteiger charge is -2.20. The molecular weight excluding hydrogens is 370 g/mol. The monoisotopic (exact) mass is 393 g/mol. The summed E-state index contributed by atoms with van der Waals surface area (Å²) in [6, 6.07) is 33.5. The first kappa shape index (κ1) is 19.4. The predicted octanol–water partition coefficient (Wildman–Crippen LogP) is 5.62. The maximum atomic E-state index is 13.2. The highest BCUT2D eigenvalue weighted by atomic mass is 16.1. The summed E-state index contributed by atoms with van der Waals surface area (Å²) in [5.41, 5.74) is 3.63. The van der Waals surface area contributed by atoms with Crippen molar-refractivity contribution in [3.8, 4) is 0 Å². The molecule has 0 atom stereocenters. The second-order valence-electron chi connectivity index (χ2n) is 7.04. The Balaban J connectivity index is 1.54. The third-order valence-electron chi connectivity index (χ3n) is 5.03. The topological polar surface area (TPSA) is 45.2 Å². The summed E-state index contributed by atoms with van der Waals surface area (Å²) in [5, 5.41) is 3.02. The van der Waals surface area contributed by atoms with Crippen LogP contribution in [0.2, 0.25) is 0 Å². The van der Waals surface area contributed by atoms with Crippen LogP contribution in [0, 0.1) is 0 Å². The molecule has 0 unspecified atom stereocenters. The summed E-state index contributed by atoms with van der Waals surface area (Å²) in [4.78, 5) is 19.7. The Morgan fingerprint density at radius 1 is 0.767 bits per heavy atom. The molecule has 0 aliphatic heterocycles. The van der Waals surface area contributed by atoms with Crippen molar-refractivity contribution in [3.63, 3.8) is 0 Å². The van der Waals surface area contributed by atoms with Gasteiger partial charge in [-0.3, -0.25) is 4.79 Å². The number of anilines is 3. The summed E-state index contributed by atoms with van der Waals surface area (Å²) in [7, 11) is 1.97. The van der Waals surface area contributed by atoms with Crippen molar-refractivity contribution in [2.75, 3.05) is 17.3 Å². The molecule has 1 heterocycles. The van der Waals surface area contributed by atoms with E-state index in [-0.39, 0.29) is 11.8 Å². The Morgan fingerprint density at radius 3 is 1.80 bits per heavy atom. The SMILES string of the molecule is CN(c1ccccc1)c1ccc(NC(=O)C(c2ccccc2)c2ccccc2)cn1. The fourth-order valence-corrected chi connectivity index (χ4v) is 3.44. The van der Waals surface area contributed by atoms with Crippen LogP contribution in [0.4, 0.5) is 17.2 Å². The van der Waals surface area contributed by atoms with Crippen LogP contribution < -0.4 is 10.2 Å². The van der Waals surface area contributed by atoms with E-state index < -0.39 is 0 Å². The van der Waals surface area contributed by atoms with Gasteiger partial charge in [0.1, 0.15) is 5.82 Å². The molecule has 0 saturated heterocycles. The van der Waals surface area contributed by atoms with E-state index >= 15 is 0 Å². The Bertz CT molecular complexity index is 1040. The van der Waals surface area contributed by atoms with Crippen molar-refractivity contribution in [3.05, 3.63) is 120 Å². The van der Waals surface area contributed by atoms with Crippen LogP contribution in [0.5, 0.6) is 0 Å². The molecule has 4 rings (SSSR count). The standard InChI is InChI=1S/C26H23N3O/c1-29(23-15-9-4-10-16-23)24-18-17-22(19-27-24)28-26(30)25(20-11-5-2-6-12-20)21-13-7-3-8-14-21/h2-19,25H,1H3,(H,28,30). The molecule has 0 spiro atoms. The number of carbonyl (C=O) groups excluding carboxylic acids is 1. The molecule has 0 saturated carbocycles. The van der Waals surface area contributed by atoms with Crippen molar-refractivity contribution in [2.45, 2.75) is 5.92 Å². The van der Waals surface area contributed by atoms with Gasteiger partial charge >= 0.3 is 0 Å². The van der Waals surface area contributed by atoms with E-state index in [0.29, 0.717) is 5.69 Å². The average molecular weight is 393 g/mol. The zero-order valence-electron chi connectivity index (χ0n) is 16.8. The molecule has 1 N–H and O–H groups in total. The molecule has 3 aromatic carbocycles. The Kier molecular flexibility index (Phi) is 5.85. The number of aromatic nitrogens is 1. The number of nitrogens with one attached hydrogen (secondary N) is 1. The molecule has 4 aromatic rings. The van der Waals surface area contributed by atoms with E-state index in [4.69, 9.17) is 0 Å². The van der Waals surface area contributed by atoms with Gasteiger partial charge in [-0.1, -0.05) is 78.9 Å². The summed E-state index contributed by atoms with van der Waals surface area (Å²) >= 11 is 0. The summed E-state index contributed by atoms with van der Waals surface area (Å²) in [5.74, 6) is 0.333. The van der Waals surface area contributed by atoms with E-state index in [1.807, 2.05) is 115 Å². The van der Waals surface area contributed by atoms with Crippen molar-refractivity contribution >= 4 is 23.1 Å². The summed E-state index contributed by atoms with van der Waals surface area (Å²) in [6.07, 6.45) is 1.69. The lowest BCUT2D eigenvalue weighted by Crippen LogP contribution is -2.22. The number of rotatable bonds is 6. The Labute approximate surface area is 176 Å². The third-order valence-corrected chi connectivity index (χ3v) is 5.03. The number of para-hydroxylation sites is 1. The van der Waals surface area contributed by atoms with Crippen LogP contribution in [0.25, 0.3) is 0 Å². The number of pyridine rings is 1. The second-order valence-corrected chi connectivity index (χ2v) is 7.04. The van der Waals surface area contributed by atoms with Crippen LogP contribution in [-0.4, -0.2) is 17.9 Å². The number of benzene rings is 3. The molecule has 0 bridgehead atoms. The summed E-state index contributed by atoms with van der Waals surface area (Å²) < 4.78 is 0. The maximum absolute atomic E-state index is 13.2. The normalized spacial score (nSPS) is 10.6. The van der Waals surface area contributed by atoms with Crippen molar-refractivity contribution < 1.29 is 4.79 Å². The fourth-order valence-electron chi connectivity index (χ4n) is 3.44. The summed E-state index contributed by atoms with van der Waals surface area (Å²) in [6.45, 7) is 0. The van der Waals surface area contributed by atoms with Crippen LogP contribution in [0.3, 0.4) is 0 Å². The first-order valence-electron chi connectivity index (χ1n) is 9.88. The highest BCUT2D eigenvalue weighted by Crippen LogP contribution is 2.27. The average Bonchev–Trinajstić information content (AvgIpc) is 2.81. The zero-order valence-corrected chi connectivity index (χ0v) is 16.8. The molecular formula is C26H23N3O. The number of carbonyl (C=O) groups is 1. The van der Waals surface area contributed by atoms with Gasteiger partial charge in [0.2, 0.25) is 5.91 Å². The largest absolute Gasteiger partial charge is 0.329 e. The fraction of sp³-hybridized carbons (Fsp3) is 0.0769. The van der Waals surface area contributed by atoms with E-state index in [0.717, 1.165) is 22.6 Å². The van der Waals surface area contributed by atoms with Gasteiger partial charge in [-0.2, -0.15) is 0 Å². The minimum Gasteiger partial charge on any atom is -0.329 e. The van der Waals surface area contributed by atoms with Gasteiger partial charge in [-0.15, -0.1) is 0 Å². The number of hydrogen-bond donors (Lipinski definition) is 1. The minimum atomic E-state index is -0.390. The quantitative estimate of drug-likeness (QED) is 0.462. The Morgan fingerprint density at radius 2 is 1.30 bits per heavy atom. The molecule has 4 heteroatoms. The van der Waals surface area contributed by atoms with E-state index in [1.54, 1.807) is 6.20 Å². The van der Waals surface area contributed by atoms with Crippen LogP contribution in [0.15, 0.2) is 109 Å². The maximum Gasteiger partial charge on any atom is 0.236 e. The molecule has 1 amide bonds. The van der Waals surface area contributed by atoms with Crippen molar-refractivity contribution in [1.29, 1.82) is 0 Å². The number of amides is 1. The molecule has 0 fully saturated rings. The zero-order chi connectivity index (χ0) is 20.8. The van der Waals surface area contributed by atoms with Crippen LogP contribution in [0.1, 0.15) is 17.0 Å². The van der Waals surface area contributed by atoms with Gasteiger partial charge < -0.3 is 10.2 Å². The van der Waals surface area contributed by atoms with Crippen molar-refractivity contribution in [1.82, 2.24) is 4.98 Å². The smallest absolute Gasteiger partial charge is 0.236 e. The number of hydrogen-bond acceptors (Lipinski definition) is 3. The van der Waals surface area contributed by atoms with Crippen LogP contribution in [-0.2, 0) is 4.79 Å². The highest BCUT2D eigenvalue weighted by Gasteiger charge is 2.22.